The maximum absolute atomic E-state index is 10.6. The first kappa shape index (κ1) is 10.6. The fraction of sp³-hybridized carbons (Fsp3) is 0.429. The zero-order chi connectivity index (χ0) is 9.56. The maximum Gasteiger partial charge on any atom is 0.382 e. The lowest BCUT2D eigenvalue weighted by Gasteiger charge is -2.00. The van der Waals surface area contributed by atoms with Crippen LogP contribution in [0, 0.1) is 0 Å². The van der Waals surface area contributed by atoms with E-state index in [9.17, 15) is 14.7 Å². The quantitative estimate of drug-likeness (QED) is 0.445. The number of aliphatic hydroxyl groups excluding tert-OH is 1. The molecule has 0 aromatic carbocycles. The Morgan fingerprint density at radius 3 is 2.42 bits per heavy atom. The Hall–Kier alpha value is -1.36. The monoisotopic (exact) mass is 173 g/mol. The SMILES string of the molecule is C=C(CC(=O)OCCO)C([O])=O. The van der Waals surface area contributed by atoms with E-state index in [-0.39, 0.29) is 18.8 Å². The van der Waals surface area contributed by atoms with Crippen LogP contribution in [0.3, 0.4) is 0 Å². The van der Waals surface area contributed by atoms with E-state index < -0.39 is 18.4 Å². The first-order valence-corrected chi connectivity index (χ1v) is 3.23. The van der Waals surface area contributed by atoms with Crippen molar-refractivity contribution in [2.75, 3.05) is 13.2 Å². The van der Waals surface area contributed by atoms with Gasteiger partial charge in [-0.2, -0.15) is 0 Å². The van der Waals surface area contributed by atoms with Gasteiger partial charge >= 0.3 is 11.9 Å². The first-order valence-electron chi connectivity index (χ1n) is 3.23. The van der Waals surface area contributed by atoms with E-state index in [2.05, 4.69) is 11.3 Å². The number of hydrogen-bond donors (Lipinski definition) is 1. The number of ether oxygens (including phenoxy) is 1. The highest BCUT2D eigenvalue weighted by atomic mass is 16.5. The van der Waals surface area contributed by atoms with Gasteiger partial charge in [-0.1, -0.05) is 6.58 Å². The Kier molecular flexibility index (Phi) is 4.71. The van der Waals surface area contributed by atoms with Gasteiger partial charge in [0.2, 0.25) is 0 Å². The second-order valence-corrected chi connectivity index (χ2v) is 2.01. The average Bonchev–Trinajstić information content (AvgIpc) is 2.00. The highest BCUT2D eigenvalue weighted by Crippen LogP contribution is 1.99. The van der Waals surface area contributed by atoms with Gasteiger partial charge in [0, 0.05) is 5.57 Å². The van der Waals surface area contributed by atoms with E-state index in [1.54, 1.807) is 0 Å². The molecule has 0 aliphatic rings. The molecule has 5 nitrogen and oxygen atoms in total. The van der Waals surface area contributed by atoms with Crippen molar-refractivity contribution in [3.63, 3.8) is 0 Å². The van der Waals surface area contributed by atoms with Crippen LogP contribution in [0.15, 0.2) is 12.2 Å². The molecule has 0 aliphatic carbocycles. The zero-order valence-electron chi connectivity index (χ0n) is 6.41. The smallest absolute Gasteiger partial charge is 0.382 e. The van der Waals surface area contributed by atoms with Crippen LogP contribution in [0.25, 0.3) is 0 Å². The lowest BCUT2D eigenvalue weighted by Crippen LogP contribution is -2.11. The van der Waals surface area contributed by atoms with Crippen LogP contribution in [-0.4, -0.2) is 30.3 Å². The second kappa shape index (κ2) is 5.31. The topological polar surface area (TPSA) is 83.5 Å². The molecule has 0 heterocycles. The third-order valence-corrected chi connectivity index (χ3v) is 1.00. The van der Waals surface area contributed by atoms with Crippen molar-refractivity contribution in [2.24, 2.45) is 0 Å². The van der Waals surface area contributed by atoms with Crippen molar-refractivity contribution in [1.29, 1.82) is 0 Å². The molecule has 12 heavy (non-hydrogen) atoms. The molecule has 0 amide bonds. The van der Waals surface area contributed by atoms with Gasteiger partial charge in [-0.25, -0.2) is 9.90 Å². The molecule has 0 saturated heterocycles. The summed E-state index contributed by atoms with van der Waals surface area (Å²) in [6.45, 7) is 2.65. The van der Waals surface area contributed by atoms with Gasteiger partial charge in [0.15, 0.2) is 0 Å². The molecule has 5 heteroatoms. The summed E-state index contributed by atoms with van der Waals surface area (Å²) < 4.78 is 4.37. The molecule has 0 bridgehead atoms. The minimum Gasteiger partial charge on any atom is -0.463 e. The first-order chi connectivity index (χ1) is 5.57. The minimum atomic E-state index is -1.48. The molecule has 0 rings (SSSR count). The van der Waals surface area contributed by atoms with E-state index in [1.165, 1.54) is 0 Å². The van der Waals surface area contributed by atoms with Crippen LogP contribution in [0.1, 0.15) is 6.42 Å². The van der Waals surface area contributed by atoms with Crippen LogP contribution in [-0.2, 0) is 19.4 Å². The summed E-state index contributed by atoms with van der Waals surface area (Å²) in [7, 11) is 0. The van der Waals surface area contributed by atoms with Gasteiger partial charge in [-0.3, -0.25) is 4.79 Å². The van der Waals surface area contributed by atoms with Crippen molar-refractivity contribution >= 4 is 11.9 Å². The van der Waals surface area contributed by atoms with Gasteiger partial charge in [0.1, 0.15) is 6.61 Å². The number of carbonyl (C=O) groups is 2. The Labute approximate surface area is 69.3 Å². The molecule has 1 N–H and O–H groups in total. The number of rotatable bonds is 5. The molecule has 67 valence electrons. The maximum atomic E-state index is 10.6. The van der Waals surface area contributed by atoms with Gasteiger partial charge < -0.3 is 9.84 Å². The molecule has 0 aliphatic heterocycles. The van der Waals surface area contributed by atoms with Crippen molar-refractivity contribution in [3.8, 4) is 0 Å². The van der Waals surface area contributed by atoms with Crippen molar-refractivity contribution in [2.45, 2.75) is 6.42 Å². The summed E-state index contributed by atoms with van der Waals surface area (Å²) in [5, 5.41) is 18.3. The molecular formula is C7H9O5. The fourth-order valence-corrected chi connectivity index (χ4v) is 0.457. The Bertz CT molecular complexity index is 196. The number of hydrogen-bond acceptors (Lipinski definition) is 4. The van der Waals surface area contributed by atoms with Gasteiger partial charge in [0.25, 0.3) is 0 Å². The van der Waals surface area contributed by atoms with Gasteiger partial charge in [-0.05, 0) is 0 Å². The Morgan fingerprint density at radius 1 is 1.42 bits per heavy atom. The second-order valence-electron chi connectivity index (χ2n) is 2.01. The fourth-order valence-electron chi connectivity index (χ4n) is 0.457. The van der Waals surface area contributed by atoms with Gasteiger partial charge in [0.05, 0.1) is 13.0 Å². The molecule has 0 aromatic rings. The number of carbonyl (C=O) groups excluding carboxylic acids is 2. The van der Waals surface area contributed by atoms with Crippen LogP contribution >= 0.6 is 0 Å². The highest BCUT2D eigenvalue weighted by molar-refractivity contribution is 5.91. The van der Waals surface area contributed by atoms with E-state index in [0.717, 1.165) is 0 Å². The predicted molar refractivity (Wildman–Crippen MR) is 37.5 cm³/mol. The Balaban J connectivity index is 3.69. The zero-order valence-corrected chi connectivity index (χ0v) is 6.41. The van der Waals surface area contributed by atoms with Crippen molar-refractivity contribution in [1.82, 2.24) is 0 Å². The molecule has 0 spiro atoms. The largest absolute Gasteiger partial charge is 0.463 e. The molecule has 1 radical (unpaired) electrons. The van der Waals surface area contributed by atoms with E-state index in [4.69, 9.17) is 5.11 Å². The molecule has 0 atom stereocenters. The lowest BCUT2D eigenvalue weighted by atomic mass is 10.2. The van der Waals surface area contributed by atoms with Gasteiger partial charge in [-0.15, -0.1) is 0 Å². The van der Waals surface area contributed by atoms with Crippen LogP contribution in [0.2, 0.25) is 0 Å². The summed E-state index contributed by atoms with van der Waals surface area (Å²) in [4.78, 5) is 20.7. The highest BCUT2D eigenvalue weighted by Gasteiger charge is 2.12. The number of aliphatic hydroxyl groups is 1. The van der Waals surface area contributed by atoms with E-state index >= 15 is 0 Å². The lowest BCUT2D eigenvalue weighted by molar-refractivity contribution is -0.146. The Morgan fingerprint density at radius 2 is 2.00 bits per heavy atom. The predicted octanol–water partition coefficient (Wildman–Crippen LogP) is -0.575. The third kappa shape index (κ3) is 4.45. The van der Waals surface area contributed by atoms with Crippen molar-refractivity contribution < 1.29 is 24.5 Å². The summed E-state index contributed by atoms with van der Waals surface area (Å²) in [5.41, 5.74) is -0.335. The summed E-state index contributed by atoms with van der Waals surface area (Å²) >= 11 is 0. The molecule has 0 unspecified atom stereocenters. The van der Waals surface area contributed by atoms with Crippen molar-refractivity contribution in [3.05, 3.63) is 12.2 Å². The summed E-state index contributed by atoms with van der Waals surface area (Å²) in [6.07, 6.45) is -0.414. The molecular weight excluding hydrogens is 164 g/mol. The molecule has 0 aromatic heterocycles. The van der Waals surface area contributed by atoms with E-state index in [1.807, 2.05) is 0 Å². The van der Waals surface area contributed by atoms with Crippen LogP contribution in [0.5, 0.6) is 0 Å². The number of esters is 1. The standard InChI is InChI=1S/C7H9O5/c1-5(7(10)11)4-6(9)12-3-2-8/h8H,1-4H2. The van der Waals surface area contributed by atoms with Crippen LogP contribution in [0.4, 0.5) is 0 Å². The summed E-state index contributed by atoms with van der Waals surface area (Å²) in [5.74, 6) is -2.21. The van der Waals surface area contributed by atoms with Crippen LogP contribution < -0.4 is 0 Å². The minimum absolute atomic E-state index is 0.140. The average molecular weight is 173 g/mol. The molecule has 0 saturated carbocycles. The normalized spacial score (nSPS) is 9.08. The third-order valence-electron chi connectivity index (χ3n) is 1.00. The molecule has 0 fully saturated rings. The summed E-state index contributed by atoms with van der Waals surface area (Å²) in [6, 6.07) is 0. The van der Waals surface area contributed by atoms with E-state index in [0.29, 0.717) is 0 Å².